The van der Waals surface area contributed by atoms with Crippen molar-refractivity contribution < 1.29 is 19.1 Å². The Morgan fingerprint density at radius 3 is 2.16 bits per heavy atom. The summed E-state index contributed by atoms with van der Waals surface area (Å²) >= 11 is 11.7. The molecule has 2 aliphatic rings. The zero-order chi connectivity index (χ0) is 22.8. The van der Waals surface area contributed by atoms with E-state index in [-0.39, 0.29) is 11.8 Å². The highest BCUT2D eigenvalue weighted by molar-refractivity contribution is 6.31. The quantitative estimate of drug-likeness (QED) is 0.603. The van der Waals surface area contributed by atoms with Crippen LogP contribution in [0, 0.1) is 0 Å². The summed E-state index contributed by atoms with van der Waals surface area (Å²) in [5.74, 6) is -0.364. The minimum Gasteiger partial charge on any atom is -0.443 e. The van der Waals surface area contributed by atoms with Gasteiger partial charge in [-0.3, -0.25) is 9.59 Å². The fourth-order valence-corrected chi connectivity index (χ4v) is 3.66. The van der Waals surface area contributed by atoms with Crippen molar-refractivity contribution in [1.82, 2.24) is 10.2 Å². The topological polar surface area (TPSA) is 75.7 Å². The number of nitrogens with one attached hydrogen (secondary N) is 1. The molecule has 2 heterocycles. The van der Waals surface area contributed by atoms with E-state index < -0.39 is 11.7 Å². The Labute approximate surface area is 191 Å². The molecule has 164 valence electrons. The van der Waals surface area contributed by atoms with Crippen molar-refractivity contribution in [2.45, 2.75) is 39.2 Å². The smallest absolute Gasteiger partial charge is 0.417 e. The summed E-state index contributed by atoms with van der Waals surface area (Å²) in [6, 6.07) is 10.6. The Bertz CT molecular complexity index is 1030. The molecule has 0 saturated heterocycles. The molecule has 0 aromatic heterocycles. The van der Waals surface area contributed by atoms with Gasteiger partial charge in [0.25, 0.3) is 11.8 Å². The van der Waals surface area contributed by atoms with Crippen LogP contribution >= 0.6 is 23.2 Å². The first-order chi connectivity index (χ1) is 14.5. The average Bonchev–Trinajstić information content (AvgIpc) is 2.68. The lowest BCUT2D eigenvalue weighted by Gasteiger charge is -2.29. The Kier molecular flexibility index (Phi) is 6.92. The lowest BCUT2D eigenvalue weighted by Crippen LogP contribution is -2.44. The normalized spacial score (nSPS) is 15.2. The molecule has 31 heavy (non-hydrogen) atoms. The number of hydrogen-bond donors (Lipinski definition) is 1. The van der Waals surface area contributed by atoms with E-state index in [1.807, 2.05) is 18.2 Å². The zero-order valence-corrected chi connectivity index (χ0v) is 19.1. The van der Waals surface area contributed by atoms with Gasteiger partial charge in [0, 0.05) is 34.3 Å². The monoisotopic (exact) mass is 462 g/mol. The lowest BCUT2D eigenvalue weighted by molar-refractivity contribution is 0.0233. The summed E-state index contributed by atoms with van der Waals surface area (Å²) in [6.45, 7) is 6.37. The number of hydrogen-bond acceptors (Lipinski definition) is 4. The second kappa shape index (κ2) is 9.28. The van der Waals surface area contributed by atoms with E-state index in [0.717, 1.165) is 29.0 Å². The predicted octanol–water partition coefficient (Wildman–Crippen LogP) is 4.90. The van der Waals surface area contributed by atoms with E-state index in [2.05, 4.69) is 5.32 Å². The molecule has 0 spiro atoms. The number of nitrogens with zero attached hydrogens (tertiary/aromatic N) is 1. The molecule has 2 aliphatic heterocycles. The van der Waals surface area contributed by atoms with Crippen molar-refractivity contribution in [3.8, 4) is 0 Å². The van der Waals surface area contributed by atoms with Gasteiger partial charge in [0.1, 0.15) is 5.60 Å². The second-order valence-electron chi connectivity index (χ2n) is 8.30. The number of carbonyl (C=O) groups excluding carboxylic acids is 3. The first-order valence-corrected chi connectivity index (χ1v) is 10.7. The van der Waals surface area contributed by atoms with Crippen molar-refractivity contribution in [2.75, 3.05) is 13.1 Å². The highest BCUT2D eigenvalue weighted by atomic mass is 35.5. The largest absolute Gasteiger partial charge is 0.443 e. The van der Waals surface area contributed by atoms with Crippen LogP contribution in [0.15, 0.2) is 36.4 Å². The summed E-state index contributed by atoms with van der Waals surface area (Å²) in [6.07, 6.45) is 0.915. The lowest BCUT2D eigenvalue weighted by atomic mass is 9.99. The van der Waals surface area contributed by atoms with Crippen molar-refractivity contribution in [3.05, 3.63) is 68.7 Å². The van der Waals surface area contributed by atoms with Crippen LogP contribution in [0.4, 0.5) is 4.79 Å². The number of imide groups is 1. The van der Waals surface area contributed by atoms with Crippen LogP contribution in [0.2, 0.25) is 10.0 Å². The van der Waals surface area contributed by atoms with Crippen molar-refractivity contribution >= 4 is 41.1 Å². The van der Waals surface area contributed by atoms with Gasteiger partial charge in [-0.1, -0.05) is 35.3 Å². The minimum absolute atomic E-state index is 0.0150. The number of amides is 3. The van der Waals surface area contributed by atoms with Crippen LogP contribution in [-0.2, 0) is 17.6 Å². The SMILES string of the molecule is CC(C)(C)OC(=O)N1CCc2ccc(Cl)cc2C1=O.O=C1NCCc2ccc(Cl)cc21. The maximum absolute atomic E-state index is 12.3. The number of halogens is 2. The molecule has 4 rings (SSSR count). The van der Waals surface area contributed by atoms with Gasteiger partial charge in [-0.15, -0.1) is 0 Å². The van der Waals surface area contributed by atoms with E-state index in [4.69, 9.17) is 27.9 Å². The van der Waals surface area contributed by atoms with E-state index in [9.17, 15) is 14.4 Å². The number of ether oxygens (including phenoxy) is 1. The van der Waals surface area contributed by atoms with E-state index in [1.165, 1.54) is 0 Å². The Balaban J connectivity index is 0.000000194. The van der Waals surface area contributed by atoms with Crippen molar-refractivity contribution in [3.63, 3.8) is 0 Å². The summed E-state index contributed by atoms with van der Waals surface area (Å²) in [4.78, 5) is 36.6. The maximum Gasteiger partial charge on any atom is 0.417 e. The summed E-state index contributed by atoms with van der Waals surface area (Å²) < 4.78 is 5.23. The second-order valence-corrected chi connectivity index (χ2v) is 9.17. The zero-order valence-electron chi connectivity index (χ0n) is 17.6. The molecule has 3 amide bonds. The Hall–Kier alpha value is -2.57. The first-order valence-electron chi connectivity index (χ1n) is 9.95. The average molecular weight is 463 g/mol. The van der Waals surface area contributed by atoms with Gasteiger partial charge in [0.15, 0.2) is 0 Å². The fourth-order valence-electron chi connectivity index (χ4n) is 3.32. The van der Waals surface area contributed by atoms with Gasteiger partial charge in [0.2, 0.25) is 0 Å². The Morgan fingerprint density at radius 2 is 1.55 bits per heavy atom. The summed E-state index contributed by atoms with van der Waals surface area (Å²) in [5, 5.41) is 3.87. The van der Waals surface area contributed by atoms with Crippen LogP contribution in [0.5, 0.6) is 0 Å². The van der Waals surface area contributed by atoms with Gasteiger partial charge in [0.05, 0.1) is 0 Å². The third-order valence-electron chi connectivity index (χ3n) is 4.76. The molecule has 8 heteroatoms. The van der Waals surface area contributed by atoms with Crippen LogP contribution in [0.25, 0.3) is 0 Å². The van der Waals surface area contributed by atoms with Gasteiger partial charge in [-0.05, 0) is 69.0 Å². The summed E-state index contributed by atoms with van der Waals surface area (Å²) in [5.41, 5.74) is 2.57. The molecule has 0 bridgehead atoms. The third-order valence-corrected chi connectivity index (χ3v) is 5.23. The van der Waals surface area contributed by atoms with Gasteiger partial charge < -0.3 is 10.1 Å². The summed E-state index contributed by atoms with van der Waals surface area (Å²) in [7, 11) is 0. The third kappa shape index (κ3) is 5.77. The number of rotatable bonds is 0. The fraction of sp³-hybridized carbons (Fsp3) is 0.348. The first kappa shape index (κ1) is 23.1. The molecule has 0 radical (unpaired) electrons. The Morgan fingerprint density at radius 1 is 0.968 bits per heavy atom. The van der Waals surface area contributed by atoms with E-state index in [1.54, 1.807) is 39.0 Å². The standard InChI is InChI=1S/C14H16ClNO3.C9H8ClNO/c1-14(2,3)19-13(18)16-7-6-9-4-5-10(15)8-11(9)12(16)17;10-7-2-1-6-3-4-11-9(12)8(6)5-7/h4-5,8H,6-7H2,1-3H3;1-2,5H,3-4H2,(H,11,12). The van der Waals surface area contributed by atoms with Gasteiger partial charge >= 0.3 is 6.09 Å². The molecule has 0 atom stereocenters. The molecular formula is C23H24Cl2N2O4. The number of benzene rings is 2. The van der Waals surface area contributed by atoms with Crippen molar-refractivity contribution in [1.29, 1.82) is 0 Å². The molecule has 1 N–H and O–H groups in total. The predicted molar refractivity (Wildman–Crippen MR) is 120 cm³/mol. The highest BCUT2D eigenvalue weighted by Gasteiger charge is 2.32. The molecule has 0 fully saturated rings. The molecule has 0 aliphatic carbocycles. The van der Waals surface area contributed by atoms with Gasteiger partial charge in [-0.25, -0.2) is 9.69 Å². The van der Waals surface area contributed by atoms with Crippen LogP contribution in [0.3, 0.4) is 0 Å². The van der Waals surface area contributed by atoms with Crippen LogP contribution < -0.4 is 5.32 Å². The molecule has 0 unspecified atom stereocenters. The molecule has 2 aromatic rings. The molecule has 0 saturated carbocycles. The minimum atomic E-state index is -0.619. The van der Waals surface area contributed by atoms with Crippen molar-refractivity contribution in [2.24, 2.45) is 0 Å². The van der Waals surface area contributed by atoms with Crippen LogP contribution in [0.1, 0.15) is 52.6 Å². The van der Waals surface area contributed by atoms with E-state index in [0.29, 0.717) is 34.1 Å². The molecule has 2 aromatic carbocycles. The maximum atomic E-state index is 12.3. The van der Waals surface area contributed by atoms with Crippen LogP contribution in [-0.4, -0.2) is 41.5 Å². The molecular weight excluding hydrogens is 439 g/mol. The van der Waals surface area contributed by atoms with Gasteiger partial charge in [-0.2, -0.15) is 0 Å². The molecule has 6 nitrogen and oxygen atoms in total. The van der Waals surface area contributed by atoms with E-state index >= 15 is 0 Å². The number of fused-ring (bicyclic) bond motifs is 2. The highest BCUT2D eigenvalue weighted by Crippen LogP contribution is 2.24. The number of carbonyl (C=O) groups is 3.